The first-order valence-corrected chi connectivity index (χ1v) is 9.96. The minimum atomic E-state index is 0.601. The average molecular weight is 384 g/mol. The number of benzene rings is 2. The largest absolute Gasteiger partial charge is 0.369 e. The molecule has 29 heavy (non-hydrogen) atoms. The molecule has 3 heterocycles. The number of nitrogens with zero attached hydrogens (tertiary/aromatic N) is 5. The minimum Gasteiger partial charge on any atom is -0.369 e. The van der Waals surface area contributed by atoms with Crippen molar-refractivity contribution in [3.8, 4) is 5.69 Å². The molecule has 1 aliphatic rings. The fourth-order valence-corrected chi connectivity index (χ4v) is 3.75. The minimum absolute atomic E-state index is 0.601. The van der Waals surface area contributed by atoms with Gasteiger partial charge in [-0.1, -0.05) is 24.3 Å². The number of rotatable bonds is 4. The van der Waals surface area contributed by atoms with Gasteiger partial charge in [-0.25, -0.2) is 4.98 Å². The van der Waals surface area contributed by atoms with Gasteiger partial charge in [0, 0.05) is 61.0 Å². The van der Waals surface area contributed by atoms with Crippen LogP contribution in [0.15, 0.2) is 73.1 Å². The second-order valence-electron chi connectivity index (χ2n) is 7.46. The number of hydrogen-bond acceptors (Lipinski definition) is 5. The van der Waals surface area contributed by atoms with Gasteiger partial charge in [0.15, 0.2) is 0 Å². The van der Waals surface area contributed by atoms with Crippen LogP contribution in [0.1, 0.15) is 0 Å². The summed E-state index contributed by atoms with van der Waals surface area (Å²) in [6.45, 7) is 4.28. The molecule has 2 aromatic carbocycles. The maximum absolute atomic E-state index is 4.78. The van der Waals surface area contributed by atoms with Crippen LogP contribution >= 0.6 is 0 Å². The molecule has 146 valence electrons. The number of aromatic nitrogens is 3. The Balaban J connectivity index is 1.41. The molecule has 0 saturated carbocycles. The van der Waals surface area contributed by atoms with Crippen LogP contribution in [0.25, 0.3) is 16.7 Å². The second-order valence-corrected chi connectivity index (χ2v) is 7.46. The first-order valence-electron chi connectivity index (χ1n) is 9.96. The standard InChI is InChI=1S/C23H24N6/c1-27-12-14-28(15-13-27)21-9-5-6-19(16-21)25-23-24-17-18-10-11-29(22(18)26-23)20-7-3-2-4-8-20/h2-11,16-17H,12-15H2,1H3,(H,24,25,26). The summed E-state index contributed by atoms with van der Waals surface area (Å²) in [4.78, 5) is 14.1. The van der Waals surface area contributed by atoms with Crippen molar-refractivity contribution in [2.75, 3.05) is 43.4 Å². The van der Waals surface area contributed by atoms with Gasteiger partial charge in [0.25, 0.3) is 0 Å². The zero-order valence-corrected chi connectivity index (χ0v) is 16.5. The van der Waals surface area contributed by atoms with Crippen LogP contribution in [-0.2, 0) is 0 Å². The quantitative estimate of drug-likeness (QED) is 0.578. The molecular formula is C23H24N6. The zero-order valence-electron chi connectivity index (χ0n) is 16.5. The van der Waals surface area contributed by atoms with Gasteiger partial charge in [0.1, 0.15) is 5.65 Å². The van der Waals surface area contributed by atoms with E-state index in [0.717, 1.165) is 48.6 Å². The first kappa shape index (κ1) is 17.7. The lowest BCUT2D eigenvalue weighted by molar-refractivity contribution is 0.313. The molecule has 1 fully saturated rings. The van der Waals surface area contributed by atoms with E-state index in [1.807, 2.05) is 36.7 Å². The van der Waals surface area contributed by atoms with E-state index < -0.39 is 0 Å². The summed E-state index contributed by atoms with van der Waals surface area (Å²) in [5.41, 5.74) is 4.21. The third kappa shape index (κ3) is 3.67. The third-order valence-corrected chi connectivity index (χ3v) is 5.43. The van der Waals surface area contributed by atoms with Crippen molar-refractivity contribution < 1.29 is 0 Å². The van der Waals surface area contributed by atoms with Crippen molar-refractivity contribution in [1.29, 1.82) is 0 Å². The van der Waals surface area contributed by atoms with Crippen molar-refractivity contribution in [3.05, 3.63) is 73.1 Å². The highest BCUT2D eigenvalue weighted by molar-refractivity contribution is 5.79. The Bertz CT molecular complexity index is 1110. The van der Waals surface area contributed by atoms with Crippen LogP contribution in [0.2, 0.25) is 0 Å². The topological polar surface area (TPSA) is 49.2 Å². The lowest BCUT2D eigenvalue weighted by Gasteiger charge is -2.34. The Kier molecular flexibility index (Phi) is 4.62. The van der Waals surface area contributed by atoms with Crippen LogP contribution in [0.5, 0.6) is 0 Å². The highest BCUT2D eigenvalue weighted by Gasteiger charge is 2.14. The van der Waals surface area contributed by atoms with Gasteiger partial charge >= 0.3 is 0 Å². The Labute approximate surface area is 170 Å². The summed E-state index contributed by atoms with van der Waals surface area (Å²) < 4.78 is 2.09. The fraction of sp³-hybridized carbons (Fsp3) is 0.217. The predicted octanol–water partition coefficient (Wildman–Crippen LogP) is 3.92. The number of anilines is 3. The van der Waals surface area contributed by atoms with Crippen LogP contribution in [0, 0.1) is 0 Å². The van der Waals surface area contributed by atoms with Crippen molar-refractivity contribution in [3.63, 3.8) is 0 Å². The molecule has 0 spiro atoms. The average Bonchev–Trinajstić information content (AvgIpc) is 3.18. The zero-order chi connectivity index (χ0) is 19.6. The molecule has 6 heteroatoms. The van der Waals surface area contributed by atoms with E-state index >= 15 is 0 Å². The molecule has 0 radical (unpaired) electrons. The molecule has 0 unspecified atom stereocenters. The summed E-state index contributed by atoms with van der Waals surface area (Å²) in [5.74, 6) is 0.601. The summed E-state index contributed by atoms with van der Waals surface area (Å²) in [5, 5.41) is 4.40. The van der Waals surface area contributed by atoms with E-state index in [4.69, 9.17) is 4.98 Å². The van der Waals surface area contributed by atoms with Crippen LogP contribution in [0.3, 0.4) is 0 Å². The molecule has 0 amide bonds. The van der Waals surface area contributed by atoms with Crippen LogP contribution < -0.4 is 10.2 Å². The number of para-hydroxylation sites is 1. The van der Waals surface area contributed by atoms with Gasteiger partial charge in [0.2, 0.25) is 5.95 Å². The van der Waals surface area contributed by atoms with Crippen molar-refractivity contribution >= 4 is 28.4 Å². The van der Waals surface area contributed by atoms with Crippen molar-refractivity contribution in [2.45, 2.75) is 0 Å². The molecule has 1 N–H and O–H groups in total. The van der Waals surface area contributed by atoms with Gasteiger partial charge in [-0.15, -0.1) is 0 Å². The van der Waals surface area contributed by atoms with Gasteiger partial charge in [-0.05, 0) is 43.4 Å². The highest BCUT2D eigenvalue weighted by atomic mass is 15.2. The van der Waals surface area contributed by atoms with E-state index in [1.54, 1.807) is 0 Å². The van der Waals surface area contributed by atoms with Gasteiger partial charge in [0.05, 0.1) is 0 Å². The smallest absolute Gasteiger partial charge is 0.229 e. The number of fused-ring (bicyclic) bond motifs is 1. The Morgan fingerprint density at radius 2 is 1.66 bits per heavy atom. The van der Waals surface area contributed by atoms with Crippen molar-refractivity contribution in [2.24, 2.45) is 0 Å². The van der Waals surface area contributed by atoms with E-state index in [1.165, 1.54) is 5.69 Å². The molecule has 2 aromatic heterocycles. The fourth-order valence-electron chi connectivity index (χ4n) is 3.75. The van der Waals surface area contributed by atoms with Crippen LogP contribution in [0.4, 0.5) is 17.3 Å². The van der Waals surface area contributed by atoms with Crippen molar-refractivity contribution in [1.82, 2.24) is 19.4 Å². The third-order valence-electron chi connectivity index (χ3n) is 5.43. The Morgan fingerprint density at radius 3 is 2.48 bits per heavy atom. The summed E-state index contributed by atoms with van der Waals surface area (Å²) >= 11 is 0. The van der Waals surface area contributed by atoms with E-state index in [0.29, 0.717) is 5.95 Å². The summed E-state index contributed by atoms with van der Waals surface area (Å²) in [7, 11) is 2.17. The van der Waals surface area contributed by atoms with Gasteiger partial charge < -0.3 is 19.7 Å². The number of piperazine rings is 1. The second kappa shape index (κ2) is 7.56. The lowest BCUT2D eigenvalue weighted by Crippen LogP contribution is -2.44. The normalized spacial score (nSPS) is 15.0. The molecule has 5 rings (SSSR count). The molecular weight excluding hydrogens is 360 g/mol. The van der Waals surface area contributed by atoms with Gasteiger partial charge in [-0.3, -0.25) is 0 Å². The molecule has 1 aliphatic heterocycles. The number of hydrogen-bond donors (Lipinski definition) is 1. The number of nitrogens with one attached hydrogen (secondary N) is 1. The molecule has 0 bridgehead atoms. The monoisotopic (exact) mass is 384 g/mol. The van der Waals surface area contributed by atoms with Gasteiger partial charge in [-0.2, -0.15) is 4.98 Å². The SMILES string of the molecule is CN1CCN(c2cccc(Nc3ncc4ccn(-c5ccccc5)c4n3)c2)CC1. The highest BCUT2D eigenvalue weighted by Crippen LogP contribution is 2.24. The first-order chi connectivity index (χ1) is 14.3. The van der Waals surface area contributed by atoms with E-state index in [9.17, 15) is 0 Å². The van der Waals surface area contributed by atoms with E-state index in [2.05, 4.69) is 68.1 Å². The maximum atomic E-state index is 4.78. The molecule has 0 atom stereocenters. The van der Waals surface area contributed by atoms with E-state index in [-0.39, 0.29) is 0 Å². The maximum Gasteiger partial charge on any atom is 0.229 e. The summed E-state index contributed by atoms with van der Waals surface area (Å²) in [6, 6.07) is 20.8. The molecule has 1 saturated heterocycles. The number of likely N-dealkylation sites (N-methyl/N-ethyl adjacent to an activating group) is 1. The molecule has 4 aromatic rings. The predicted molar refractivity (Wildman–Crippen MR) is 118 cm³/mol. The molecule has 0 aliphatic carbocycles. The Morgan fingerprint density at radius 1 is 0.862 bits per heavy atom. The Hall–Kier alpha value is -3.38. The van der Waals surface area contributed by atoms with Crippen LogP contribution in [-0.4, -0.2) is 52.7 Å². The molecule has 6 nitrogen and oxygen atoms in total. The summed E-state index contributed by atoms with van der Waals surface area (Å²) in [6.07, 6.45) is 3.90. The lowest BCUT2D eigenvalue weighted by atomic mass is 10.2.